The smallest absolute Gasteiger partial charge is 0.323 e. The highest BCUT2D eigenvalue weighted by Gasteiger charge is 2.36. The molecule has 0 saturated carbocycles. The normalized spacial score (nSPS) is 18.1. The first-order valence-corrected chi connectivity index (χ1v) is 15.1. The number of amides is 3. The molecule has 3 N–H and O–H groups in total. The number of aromatic nitrogens is 1. The fraction of sp³-hybridized carbons (Fsp3) is 0.393. The van der Waals surface area contributed by atoms with Gasteiger partial charge in [0.2, 0.25) is 10.0 Å². The number of hydrogen-bond acceptors (Lipinski definition) is 8. The molecule has 3 amide bonds. The minimum Gasteiger partial charge on any atom is -0.486 e. The summed E-state index contributed by atoms with van der Waals surface area (Å²) >= 11 is 5.95. The predicted octanol–water partition coefficient (Wildman–Crippen LogP) is 4.13. The van der Waals surface area contributed by atoms with Gasteiger partial charge in [-0.25, -0.2) is 13.2 Å². The van der Waals surface area contributed by atoms with E-state index in [0.717, 1.165) is 0 Å². The fourth-order valence-corrected chi connectivity index (χ4v) is 5.94. The molecule has 12 nitrogen and oxygen atoms in total. The lowest BCUT2D eigenvalue weighted by Crippen LogP contribution is -2.50. The molecule has 226 valence electrons. The Bertz CT molecular complexity index is 1540. The number of urea groups is 1. The van der Waals surface area contributed by atoms with Crippen LogP contribution in [0.4, 0.5) is 16.2 Å². The van der Waals surface area contributed by atoms with Gasteiger partial charge in [-0.1, -0.05) is 29.7 Å². The highest BCUT2D eigenvalue weighted by molar-refractivity contribution is 7.89. The molecule has 0 fully saturated rings. The Kier molecular flexibility index (Phi) is 9.46. The van der Waals surface area contributed by atoms with Crippen molar-refractivity contribution >= 4 is 44.9 Å². The van der Waals surface area contributed by atoms with Gasteiger partial charge in [-0.05, 0) is 57.2 Å². The molecule has 0 aliphatic carbocycles. The Balaban J connectivity index is 1.70. The maximum atomic E-state index is 13.7. The fourth-order valence-electron chi connectivity index (χ4n) is 4.63. The van der Waals surface area contributed by atoms with Gasteiger partial charge in [0.05, 0.1) is 35.3 Å². The van der Waals surface area contributed by atoms with Crippen molar-refractivity contribution in [2.75, 3.05) is 37.4 Å². The summed E-state index contributed by atoms with van der Waals surface area (Å²) in [6.45, 7) is 6.75. The number of ether oxygens (including phenoxy) is 1. The minimum absolute atomic E-state index is 0.0670. The number of likely N-dealkylation sites (N-methyl/N-ethyl adjacent to an activating group) is 1. The number of nitrogens with one attached hydrogen (secondary N) is 2. The number of nitrogens with zero attached hydrogens (tertiary/aromatic N) is 3. The van der Waals surface area contributed by atoms with Gasteiger partial charge < -0.3 is 29.9 Å². The van der Waals surface area contributed by atoms with Crippen LogP contribution in [-0.2, 0) is 10.0 Å². The molecule has 1 aliphatic rings. The number of rotatable bonds is 8. The van der Waals surface area contributed by atoms with Crippen molar-refractivity contribution in [3.05, 3.63) is 64.5 Å². The zero-order valence-electron chi connectivity index (χ0n) is 23.9. The average Bonchev–Trinajstić information content (AvgIpc) is 3.26. The maximum absolute atomic E-state index is 13.7. The highest BCUT2D eigenvalue weighted by atomic mass is 35.5. The van der Waals surface area contributed by atoms with E-state index < -0.39 is 34.1 Å². The van der Waals surface area contributed by atoms with Gasteiger partial charge in [0, 0.05) is 24.5 Å². The van der Waals surface area contributed by atoms with Crippen LogP contribution in [0.1, 0.15) is 35.7 Å². The number of carbonyl (C=O) groups is 2. The first kappa shape index (κ1) is 31.3. The van der Waals surface area contributed by atoms with Gasteiger partial charge in [-0.15, -0.1) is 0 Å². The van der Waals surface area contributed by atoms with Crippen LogP contribution in [0, 0.1) is 19.8 Å². The first-order chi connectivity index (χ1) is 19.8. The zero-order chi connectivity index (χ0) is 30.8. The monoisotopic (exact) mass is 619 g/mol. The number of carbonyl (C=O) groups excluding carboxylic acids is 2. The van der Waals surface area contributed by atoms with E-state index in [4.69, 9.17) is 20.9 Å². The summed E-state index contributed by atoms with van der Waals surface area (Å²) in [6.07, 6.45) is -0.745. The molecule has 0 saturated heterocycles. The van der Waals surface area contributed by atoms with E-state index in [-0.39, 0.29) is 47.5 Å². The minimum atomic E-state index is -3.91. The molecular weight excluding hydrogens is 586 g/mol. The lowest BCUT2D eigenvalue weighted by Gasteiger charge is -2.38. The SMILES string of the molecule is Cc1noc(C)c1NC(=O)Nc1cccc2c1O[C@H](CN(C)S(=O)(=O)c1ccc(Cl)cc1)[C@@H](C)CN([C@H](C)CO)C2=O. The first-order valence-electron chi connectivity index (χ1n) is 13.3. The van der Waals surface area contributed by atoms with Crippen LogP contribution >= 0.6 is 11.6 Å². The van der Waals surface area contributed by atoms with Gasteiger partial charge in [-0.3, -0.25) is 4.79 Å². The predicted molar refractivity (Wildman–Crippen MR) is 157 cm³/mol. The van der Waals surface area contributed by atoms with Crippen LogP contribution in [0.2, 0.25) is 5.02 Å². The molecule has 2 aromatic carbocycles. The number of sulfonamides is 1. The van der Waals surface area contributed by atoms with Crippen LogP contribution in [0.3, 0.4) is 0 Å². The summed E-state index contributed by atoms with van der Waals surface area (Å²) in [5, 5.41) is 19.6. The van der Waals surface area contributed by atoms with E-state index in [2.05, 4.69) is 15.8 Å². The number of benzene rings is 2. The van der Waals surface area contributed by atoms with Crippen molar-refractivity contribution in [2.24, 2.45) is 5.92 Å². The van der Waals surface area contributed by atoms with Crippen LogP contribution < -0.4 is 15.4 Å². The Morgan fingerprint density at radius 2 is 1.90 bits per heavy atom. The third kappa shape index (κ3) is 6.54. The van der Waals surface area contributed by atoms with E-state index in [1.165, 1.54) is 40.5 Å². The lowest BCUT2D eigenvalue weighted by molar-refractivity contribution is 0.0389. The van der Waals surface area contributed by atoms with Crippen LogP contribution in [0.15, 0.2) is 51.9 Å². The van der Waals surface area contributed by atoms with E-state index in [1.807, 2.05) is 6.92 Å². The molecule has 0 radical (unpaired) electrons. The number of halogens is 1. The Hall–Kier alpha value is -3.65. The van der Waals surface area contributed by atoms with Gasteiger partial charge in [-0.2, -0.15) is 4.31 Å². The molecule has 0 unspecified atom stereocenters. The number of fused-ring (bicyclic) bond motifs is 1. The molecule has 4 rings (SSSR count). The molecule has 3 atom stereocenters. The van der Waals surface area contributed by atoms with Gasteiger partial charge in [0.25, 0.3) is 5.91 Å². The van der Waals surface area contributed by atoms with Gasteiger partial charge in [0.15, 0.2) is 11.5 Å². The van der Waals surface area contributed by atoms with E-state index in [0.29, 0.717) is 22.2 Å². The van der Waals surface area contributed by atoms with Gasteiger partial charge >= 0.3 is 6.03 Å². The van der Waals surface area contributed by atoms with E-state index in [1.54, 1.807) is 39.0 Å². The van der Waals surface area contributed by atoms with Crippen LogP contribution in [0.25, 0.3) is 0 Å². The number of para-hydroxylation sites is 1. The summed E-state index contributed by atoms with van der Waals surface area (Å²) in [4.78, 5) is 28.3. The second-order valence-electron chi connectivity index (χ2n) is 10.3. The Morgan fingerprint density at radius 3 is 2.52 bits per heavy atom. The summed E-state index contributed by atoms with van der Waals surface area (Å²) in [6, 6.07) is 9.44. The topological polar surface area (TPSA) is 154 Å². The second-order valence-corrected chi connectivity index (χ2v) is 12.8. The molecule has 14 heteroatoms. The van der Waals surface area contributed by atoms with Crippen molar-refractivity contribution in [1.29, 1.82) is 0 Å². The number of anilines is 2. The third-order valence-electron chi connectivity index (χ3n) is 7.17. The van der Waals surface area contributed by atoms with Crippen molar-refractivity contribution in [3.63, 3.8) is 0 Å². The molecule has 0 spiro atoms. The van der Waals surface area contributed by atoms with E-state index in [9.17, 15) is 23.1 Å². The van der Waals surface area contributed by atoms with Crippen molar-refractivity contribution < 1.29 is 32.4 Å². The largest absolute Gasteiger partial charge is 0.486 e. The second kappa shape index (κ2) is 12.7. The standard InChI is InChI=1S/C28H34ClN5O7S/c1-16-13-34(17(2)15-35)27(36)22-7-6-8-23(30-28(37)31-25-18(3)32-41-19(25)4)26(22)40-24(16)14-33(5)42(38,39)21-11-9-20(29)10-12-21/h6-12,16-17,24,35H,13-15H2,1-5H3,(H2,30,31,37)/t16-,17+,24+/m0/s1. The molecular formula is C28H34ClN5O7S. The Morgan fingerprint density at radius 1 is 1.21 bits per heavy atom. The summed E-state index contributed by atoms with van der Waals surface area (Å²) < 4.78 is 39.4. The summed E-state index contributed by atoms with van der Waals surface area (Å²) in [5.41, 5.74) is 1.26. The molecule has 42 heavy (non-hydrogen) atoms. The van der Waals surface area contributed by atoms with Gasteiger partial charge in [0.1, 0.15) is 17.5 Å². The maximum Gasteiger partial charge on any atom is 0.323 e. The zero-order valence-corrected chi connectivity index (χ0v) is 25.5. The molecule has 2 heterocycles. The highest BCUT2D eigenvalue weighted by Crippen LogP contribution is 2.35. The lowest BCUT2D eigenvalue weighted by atomic mass is 9.99. The summed E-state index contributed by atoms with van der Waals surface area (Å²) in [5.74, 6) is -0.262. The molecule has 1 aliphatic heterocycles. The molecule has 3 aromatic rings. The Labute approximate surface area is 249 Å². The molecule has 0 bridgehead atoms. The van der Waals surface area contributed by atoms with Crippen LogP contribution in [-0.4, -0.2) is 78.7 Å². The number of aliphatic hydroxyl groups is 1. The molecule has 1 aromatic heterocycles. The summed E-state index contributed by atoms with van der Waals surface area (Å²) in [7, 11) is -2.46. The third-order valence-corrected chi connectivity index (χ3v) is 9.26. The van der Waals surface area contributed by atoms with E-state index >= 15 is 0 Å². The van der Waals surface area contributed by atoms with Crippen LogP contribution in [0.5, 0.6) is 5.75 Å². The van der Waals surface area contributed by atoms with Crippen molar-refractivity contribution in [3.8, 4) is 5.75 Å². The van der Waals surface area contributed by atoms with Crippen molar-refractivity contribution in [1.82, 2.24) is 14.4 Å². The quantitative estimate of drug-likeness (QED) is 0.340. The number of hydrogen-bond donors (Lipinski definition) is 3. The number of aliphatic hydroxyl groups excluding tert-OH is 1. The number of aryl methyl sites for hydroxylation is 2. The van der Waals surface area contributed by atoms with Crippen molar-refractivity contribution in [2.45, 2.75) is 44.7 Å². The average molecular weight is 620 g/mol.